The lowest BCUT2D eigenvalue weighted by Gasteiger charge is -2.41. The van der Waals surface area contributed by atoms with E-state index >= 15 is 0 Å². The normalized spacial score (nSPS) is 23.1. The molecule has 0 unspecified atom stereocenters. The SMILES string of the molecule is COc1ccc([C@@H](C)N[C@@H]2CC[C@H](C(=O)N3CCN(c4cc(Cl)ccn4)CC3)[C@@H](c3ccsc3)C2)cc1. The van der Waals surface area contributed by atoms with Crippen molar-refractivity contribution >= 4 is 34.7 Å². The van der Waals surface area contributed by atoms with Crippen molar-refractivity contribution in [3.8, 4) is 5.75 Å². The van der Waals surface area contributed by atoms with E-state index in [1.54, 1.807) is 30.7 Å². The van der Waals surface area contributed by atoms with Crippen molar-refractivity contribution in [3.63, 3.8) is 0 Å². The number of halogens is 1. The fourth-order valence-corrected chi connectivity index (χ4v) is 6.65. The Hall–Kier alpha value is -2.61. The number of hydrogen-bond donors (Lipinski definition) is 1. The van der Waals surface area contributed by atoms with Gasteiger partial charge in [-0.15, -0.1) is 0 Å². The minimum absolute atomic E-state index is 0.0276. The number of thiophene rings is 1. The number of anilines is 1. The second kappa shape index (κ2) is 11.8. The minimum Gasteiger partial charge on any atom is -0.497 e. The van der Waals surface area contributed by atoms with Crippen molar-refractivity contribution in [1.82, 2.24) is 15.2 Å². The fourth-order valence-electron chi connectivity index (χ4n) is 5.77. The van der Waals surface area contributed by atoms with Gasteiger partial charge in [-0.25, -0.2) is 4.98 Å². The molecule has 2 aromatic heterocycles. The van der Waals surface area contributed by atoms with Crippen LogP contribution in [0.15, 0.2) is 59.4 Å². The van der Waals surface area contributed by atoms with E-state index in [1.165, 1.54) is 11.1 Å². The maximum Gasteiger partial charge on any atom is 0.226 e. The number of rotatable bonds is 7. The van der Waals surface area contributed by atoms with Gasteiger partial charge in [0.1, 0.15) is 11.6 Å². The molecule has 8 heteroatoms. The van der Waals surface area contributed by atoms with Crippen molar-refractivity contribution in [2.24, 2.45) is 5.92 Å². The Balaban J connectivity index is 1.23. The van der Waals surface area contributed by atoms with Crippen molar-refractivity contribution in [2.75, 3.05) is 38.2 Å². The zero-order valence-electron chi connectivity index (χ0n) is 21.5. The molecule has 3 aromatic rings. The van der Waals surface area contributed by atoms with Crippen LogP contribution >= 0.6 is 22.9 Å². The van der Waals surface area contributed by atoms with E-state index in [1.807, 2.05) is 18.2 Å². The molecule has 2 aliphatic rings. The number of methoxy groups -OCH3 is 1. The largest absolute Gasteiger partial charge is 0.497 e. The number of piperazine rings is 1. The lowest BCUT2D eigenvalue weighted by atomic mass is 9.73. The number of ether oxygens (including phenoxy) is 1. The zero-order chi connectivity index (χ0) is 25.8. The summed E-state index contributed by atoms with van der Waals surface area (Å²) in [6, 6.07) is 14.8. The molecule has 0 spiro atoms. The topological polar surface area (TPSA) is 57.7 Å². The molecule has 0 radical (unpaired) electrons. The van der Waals surface area contributed by atoms with Crippen LogP contribution in [0.3, 0.4) is 0 Å². The Labute approximate surface area is 228 Å². The van der Waals surface area contributed by atoms with E-state index in [0.29, 0.717) is 17.0 Å². The summed E-state index contributed by atoms with van der Waals surface area (Å²) in [7, 11) is 1.69. The molecule has 3 heterocycles. The van der Waals surface area contributed by atoms with Gasteiger partial charge in [0.25, 0.3) is 0 Å². The summed E-state index contributed by atoms with van der Waals surface area (Å²) < 4.78 is 5.31. The van der Waals surface area contributed by atoms with Gasteiger partial charge in [0.15, 0.2) is 0 Å². The Morgan fingerprint density at radius 2 is 1.92 bits per heavy atom. The van der Waals surface area contributed by atoms with Crippen LogP contribution in [0.5, 0.6) is 5.75 Å². The van der Waals surface area contributed by atoms with E-state index in [9.17, 15) is 4.79 Å². The molecule has 5 rings (SSSR count). The third kappa shape index (κ3) is 6.11. The van der Waals surface area contributed by atoms with Gasteiger partial charge in [-0.2, -0.15) is 11.3 Å². The number of nitrogens with one attached hydrogen (secondary N) is 1. The van der Waals surface area contributed by atoms with Gasteiger partial charge >= 0.3 is 0 Å². The van der Waals surface area contributed by atoms with E-state index in [2.05, 4.69) is 56.0 Å². The number of nitrogens with zero attached hydrogens (tertiary/aromatic N) is 3. The van der Waals surface area contributed by atoms with Gasteiger partial charge in [0, 0.05) is 55.4 Å². The van der Waals surface area contributed by atoms with E-state index in [0.717, 1.165) is 57.0 Å². The van der Waals surface area contributed by atoms with Crippen LogP contribution in [-0.4, -0.2) is 55.1 Å². The number of carbonyl (C=O) groups excluding carboxylic acids is 1. The summed E-state index contributed by atoms with van der Waals surface area (Å²) in [5.41, 5.74) is 2.55. The standard InChI is InChI=1S/C29H35ClN4O2S/c1-20(21-3-6-25(36-2)7-4-21)32-24-5-8-26(27(18-24)22-10-16-37-19-22)29(35)34-14-12-33(13-15-34)28-17-23(30)9-11-31-28/h3-4,6-7,9-11,16-17,19-20,24,26-27,32H,5,8,12-15,18H2,1-2H3/t20-,24-,26+,27-/m1/s1. The average Bonchev–Trinajstić information content (AvgIpc) is 3.48. The Morgan fingerprint density at radius 1 is 1.14 bits per heavy atom. The highest BCUT2D eigenvalue weighted by Crippen LogP contribution is 2.40. The molecule has 196 valence electrons. The van der Waals surface area contributed by atoms with Gasteiger partial charge in [-0.05, 0) is 84.3 Å². The van der Waals surface area contributed by atoms with E-state index in [4.69, 9.17) is 16.3 Å². The van der Waals surface area contributed by atoms with E-state index < -0.39 is 0 Å². The number of aromatic nitrogens is 1. The van der Waals surface area contributed by atoms with Gasteiger partial charge in [0.2, 0.25) is 5.91 Å². The molecule has 1 aromatic carbocycles. The van der Waals surface area contributed by atoms with E-state index in [-0.39, 0.29) is 17.9 Å². The zero-order valence-corrected chi connectivity index (χ0v) is 23.0. The smallest absolute Gasteiger partial charge is 0.226 e. The molecule has 1 N–H and O–H groups in total. The predicted molar refractivity (Wildman–Crippen MR) is 151 cm³/mol. The second-order valence-electron chi connectivity index (χ2n) is 10.1. The predicted octanol–water partition coefficient (Wildman–Crippen LogP) is 5.76. The Kier molecular flexibility index (Phi) is 8.33. The third-order valence-electron chi connectivity index (χ3n) is 7.86. The van der Waals surface area contributed by atoms with Crippen LogP contribution in [0.25, 0.3) is 0 Å². The summed E-state index contributed by atoms with van der Waals surface area (Å²) >= 11 is 7.87. The minimum atomic E-state index is 0.0276. The quantitative estimate of drug-likeness (QED) is 0.414. The van der Waals surface area contributed by atoms with Crippen LogP contribution in [0.1, 0.15) is 49.3 Å². The summed E-state index contributed by atoms with van der Waals surface area (Å²) in [6.07, 6.45) is 4.62. The highest BCUT2D eigenvalue weighted by atomic mass is 35.5. The molecule has 1 aliphatic heterocycles. The van der Waals surface area contributed by atoms with Crippen LogP contribution in [0.4, 0.5) is 5.82 Å². The van der Waals surface area contributed by atoms with Crippen molar-refractivity contribution < 1.29 is 9.53 Å². The number of benzene rings is 1. The first-order valence-electron chi connectivity index (χ1n) is 13.1. The number of pyridine rings is 1. The van der Waals surface area contributed by atoms with Gasteiger partial charge in [-0.1, -0.05) is 23.7 Å². The maximum absolute atomic E-state index is 13.8. The second-order valence-corrected chi connectivity index (χ2v) is 11.3. The summed E-state index contributed by atoms with van der Waals surface area (Å²) in [5, 5.41) is 8.89. The first kappa shape index (κ1) is 26.0. The number of hydrogen-bond acceptors (Lipinski definition) is 6. The first-order valence-corrected chi connectivity index (χ1v) is 14.4. The molecular weight excluding hydrogens is 504 g/mol. The molecule has 1 saturated heterocycles. The lowest BCUT2D eigenvalue weighted by Crippen LogP contribution is -2.52. The van der Waals surface area contributed by atoms with Crippen molar-refractivity contribution in [3.05, 3.63) is 75.6 Å². The third-order valence-corrected chi connectivity index (χ3v) is 8.80. The number of amides is 1. The molecule has 1 aliphatic carbocycles. The summed E-state index contributed by atoms with van der Waals surface area (Å²) in [5.74, 6) is 2.32. The van der Waals surface area contributed by atoms with Crippen molar-refractivity contribution in [2.45, 2.75) is 44.2 Å². The molecule has 4 atom stereocenters. The van der Waals surface area contributed by atoms with Crippen LogP contribution in [0.2, 0.25) is 5.02 Å². The van der Waals surface area contributed by atoms with Crippen LogP contribution in [-0.2, 0) is 4.79 Å². The van der Waals surface area contributed by atoms with Crippen molar-refractivity contribution in [1.29, 1.82) is 0 Å². The maximum atomic E-state index is 13.8. The molecular formula is C29H35ClN4O2S. The molecule has 1 saturated carbocycles. The van der Waals surface area contributed by atoms with Gasteiger partial charge in [-0.3, -0.25) is 4.79 Å². The van der Waals surface area contributed by atoms with Gasteiger partial charge in [0.05, 0.1) is 7.11 Å². The van der Waals surface area contributed by atoms with Gasteiger partial charge < -0.3 is 19.9 Å². The lowest BCUT2D eigenvalue weighted by molar-refractivity contribution is -0.137. The average molecular weight is 539 g/mol. The van der Waals surface area contributed by atoms with Crippen LogP contribution < -0.4 is 15.0 Å². The summed E-state index contributed by atoms with van der Waals surface area (Å²) in [4.78, 5) is 22.5. The molecule has 2 fully saturated rings. The fraction of sp³-hybridized carbons (Fsp3) is 0.448. The molecule has 1 amide bonds. The van der Waals surface area contributed by atoms with Crippen LogP contribution in [0, 0.1) is 5.92 Å². The monoisotopic (exact) mass is 538 g/mol. The molecule has 0 bridgehead atoms. The number of carbonyl (C=O) groups is 1. The molecule has 6 nitrogen and oxygen atoms in total. The summed E-state index contributed by atoms with van der Waals surface area (Å²) in [6.45, 7) is 5.20. The Morgan fingerprint density at radius 3 is 2.59 bits per heavy atom. The highest BCUT2D eigenvalue weighted by Gasteiger charge is 2.39. The molecule has 37 heavy (non-hydrogen) atoms. The first-order chi connectivity index (χ1) is 18.0. The highest BCUT2D eigenvalue weighted by molar-refractivity contribution is 7.08. The Bertz CT molecular complexity index is 1160.